The standard InChI is InChI=1S/C20H21FN4O4/c1-3-16-22-18(23-29-16)17-14-6-4-5-9-24(14)20(27)25(19(17)26)11-12-7-8-15(28-2)13(21)10-12/h7-8,10H,3-6,9,11H2,1-2H3. The van der Waals surface area contributed by atoms with Gasteiger partial charge >= 0.3 is 5.69 Å². The fourth-order valence-electron chi connectivity index (χ4n) is 3.65. The van der Waals surface area contributed by atoms with E-state index in [1.807, 2.05) is 6.92 Å². The zero-order chi connectivity index (χ0) is 20.5. The van der Waals surface area contributed by atoms with Crippen LogP contribution in [0.25, 0.3) is 11.4 Å². The largest absolute Gasteiger partial charge is 0.494 e. The molecule has 4 rings (SSSR count). The van der Waals surface area contributed by atoms with Gasteiger partial charge in [-0.05, 0) is 37.0 Å². The van der Waals surface area contributed by atoms with E-state index in [-0.39, 0.29) is 23.7 Å². The van der Waals surface area contributed by atoms with Gasteiger partial charge in [-0.3, -0.25) is 13.9 Å². The molecule has 3 aromatic rings. The van der Waals surface area contributed by atoms with E-state index in [1.165, 1.54) is 19.2 Å². The summed E-state index contributed by atoms with van der Waals surface area (Å²) in [4.78, 5) is 30.6. The zero-order valence-electron chi connectivity index (χ0n) is 16.3. The van der Waals surface area contributed by atoms with Crippen LogP contribution in [0.2, 0.25) is 0 Å². The molecule has 0 atom stereocenters. The number of hydrogen-bond donors (Lipinski definition) is 0. The fourth-order valence-corrected chi connectivity index (χ4v) is 3.65. The molecule has 0 aliphatic carbocycles. The third-order valence-corrected chi connectivity index (χ3v) is 5.13. The summed E-state index contributed by atoms with van der Waals surface area (Å²) in [5.74, 6) is 0.154. The van der Waals surface area contributed by atoms with E-state index >= 15 is 0 Å². The summed E-state index contributed by atoms with van der Waals surface area (Å²) < 4.78 is 26.9. The highest BCUT2D eigenvalue weighted by Crippen LogP contribution is 2.22. The molecule has 0 fully saturated rings. The molecule has 29 heavy (non-hydrogen) atoms. The van der Waals surface area contributed by atoms with E-state index in [2.05, 4.69) is 10.1 Å². The first-order chi connectivity index (χ1) is 14.0. The molecule has 0 amide bonds. The Bertz CT molecular complexity index is 1180. The van der Waals surface area contributed by atoms with Gasteiger partial charge in [0.05, 0.1) is 13.7 Å². The van der Waals surface area contributed by atoms with Gasteiger partial charge < -0.3 is 9.26 Å². The quantitative estimate of drug-likeness (QED) is 0.652. The maximum Gasteiger partial charge on any atom is 0.331 e. The minimum atomic E-state index is -0.554. The Morgan fingerprint density at radius 3 is 2.79 bits per heavy atom. The first kappa shape index (κ1) is 19.1. The molecule has 0 unspecified atom stereocenters. The van der Waals surface area contributed by atoms with Crippen LogP contribution in [0.4, 0.5) is 4.39 Å². The van der Waals surface area contributed by atoms with Gasteiger partial charge in [-0.1, -0.05) is 18.1 Å². The van der Waals surface area contributed by atoms with Crippen LogP contribution < -0.4 is 16.0 Å². The van der Waals surface area contributed by atoms with Gasteiger partial charge in [0.1, 0.15) is 5.56 Å². The Labute approximate surface area is 165 Å². The molecular formula is C20H21FN4O4. The van der Waals surface area contributed by atoms with Crippen LogP contribution in [0.15, 0.2) is 32.3 Å². The van der Waals surface area contributed by atoms with Gasteiger partial charge in [-0.15, -0.1) is 0 Å². The molecule has 1 aliphatic heterocycles. The lowest BCUT2D eigenvalue weighted by Crippen LogP contribution is -2.44. The van der Waals surface area contributed by atoms with Crippen molar-refractivity contribution in [3.63, 3.8) is 0 Å². The maximum absolute atomic E-state index is 14.1. The summed E-state index contributed by atoms with van der Waals surface area (Å²) in [5.41, 5.74) is 0.479. The molecule has 9 heteroatoms. The van der Waals surface area contributed by atoms with Crippen molar-refractivity contribution in [1.82, 2.24) is 19.3 Å². The first-order valence-electron chi connectivity index (χ1n) is 9.55. The number of fused-ring (bicyclic) bond motifs is 1. The number of halogens is 1. The average Bonchev–Trinajstić information content (AvgIpc) is 3.20. The number of benzene rings is 1. The van der Waals surface area contributed by atoms with Crippen molar-refractivity contribution < 1.29 is 13.7 Å². The lowest BCUT2D eigenvalue weighted by molar-refractivity contribution is 0.382. The van der Waals surface area contributed by atoms with Crippen LogP contribution in [0.5, 0.6) is 5.75 Å². The van der Waals surface area contributed by atoms with Crippen molar-refractivity contribution in [3.8, 4) is 17.1 Å². The Hall–Kier alpha value is -3.23. The second-order valence-corrected chi connectivity index (χ2v) is 6.94. The Balaban J connectivity index is 1.88. The molecule has 0 radical (unpaired) electrons. The normalized spacial score (nSPS) is 13.3. The third kappa shape index (κ3) is 3.37. The SMILES string of the molecule is CCc1nc(-c2c3n(c(=O)n(Cc4ccc(OC)c(F)c4)c2=O)CCCC3)no1. The molecule has 3 heterocycles. The van der Waals surface area contributed by atoms with Gasteiger partial charge in [0.2, 0.25) is 11.7 Å². The number of aromatic nitrogens is 4. The Morgan fingerprint density at radius 2 is 2.10 bits per heavy atom. The van der Waals surface area contributed by atoms with Gasteiger partial charge in [-0.2, -0.15) is 4.98 Å². The Morgan fingerprint density at radius 1 is 1.28 bits per heavy atom. The Kier molecular flexibility index (Phi) is 5.04. The fraction of sp³-hybridized carbons (Fsp3) is 0.400. The smallest absolute Gasteiger partial charge is 0.331 e. The highest BCUT2D eigenvalue weighted by Gasteiger charge is 2.25. The molecule has 1 aromatic carbocycles. The predicted molar refractivity (Wildman–Crippen MR) is 103 cm³/mol. The number of methoxy groups -OCH3 is 1. The molecule has 0 spiro atoms. The van der Waals surface area contributed by atoms with E-state index in [9.17, 15) is 14.0 Å². The molecule has 0 saturated heterocycles. The topological polar surface area (TPSA) is 92.2 Å². The first-order valence-corrected chi connectivity index (χ1v) is 9.55. The number of hydrogen-bond acceptors (Lipinski definition) is 6. The zero-order valence-corrected chi connectivity index (χ0v) is 16.3. The summed E-state index contributed by atoms with van der Waals surface area (Å²) in [5, 5.41) is 3.95. The van der Waals surface area contributed by atoms with E-state index in [4.69, 9.17) is 9.26 Å². The summed E-state index contributed by atoms with van der Waals surface area (Å²) in [6, 6.07) is 4.36. The molecular weight excluding hydrogens is 379 g/mol. The molecule has 152 valence electrons. The summed E-state index contributed by atoms with van der Waals surface area (Å²) >= 11 is 0. The van der Waals surface area contributed by atoms with E-state index in [1.54, 1.807) is 10.6 Å². The van der Waals surface area contributed by atoms with Crippen LogP contribution in [0.1, 0.15) is 36.9 Å². The second-order valence-electron chi connectivity index (χ2n) is 6.94. The molecule has 2 aromatic heterocycles. The van der Waals surface area contributed by atoms with Gasteiger partial charge in [-0.25, -0.2) is 9.18 Å². The highest BCUT2D eigenvalue weighted by molar-refractivity contribution is 5.57. The summed E-state index contributed by atoms with van der Waals surface area (Å²) in [6.45, 7) is 2.32. The van der Waals surface area contributed by atoms with Crippen LogP contribution in [-0.2, 0) is 25.9 Å². The summed E-state index contributed by atoms with van der Waals surface area (Å²) in [7, 11) is 1.38. The number of nitrogens with zero attached hydrogens (tertiary/aromatic N) is 4. The second kappa shape index (κ2) is 7.65. The average molecular weight is 400 g/mol. The van der Waals surface area contributed by atoms with Crippen molar-refractivity contribution in [2.75, 3.05) is 7.11 Å². The summed E-state index contributed by atoms with van der Waals surface area (Å²) in [6.07, 6.45) is 2.85. The third-order valence-electron chi connectivity index (χ3n) is 5.13. The number of ether oxygens (including phenoxy) is 1. The molecule has 0 saturated carbocycles. The molecule has 0 bridgehead atoms. The van der Waals surface area contributed by atoms with E-state index in [0.29, 0.717) is 36.5 Å². The molecule has 0 N–H and O–H groups in total. The monoisotopic (exact) mass is 400 g/mol. The minimum Gasteiger partial charge on any atom is -0.494 e. The lowest BCUT2D eigenvalue weighted by Gasteiger charge is -2.22. The van der Waals surface area contributed by atoms with Crippen molar-refractivity contribution >= 4 is 0 Å². The van der Waals surface area contributed by atoms with E-state index < -0.39 is 17.1 Å². The van der Waals surface area contributed by atoms with Gasteiger partial charge in [0, 0.05) is 18.7 Å². The van der Waals surface area contributed by atoms with Crippen LogP contribution in [0.3, 0.4) is 0 Å². The van der Waals surface area contributed by atoms with Crippen LogP contribution >= 0.6 is 0 Å². The van der Waals surface area contributed by atoms with Gasteiger partial charge in [0.25, 0.3) is 5.56 Å². The number of rotatable bonds is 5. The van der Waals surface area contributed by atoms with Crippen LogP contribution in [0, 0.1) is 5.82 Å². The maximum atomic E-state index is 14.1. The van der Waals surface area contributed by atoms with Crippen molar-refractivity contribution in [2.45, 2.75) is 45.7 Å². The lowest BCUT2D eigenvalue weighted by atomic mass is 10.0. The van der Waals surface area contributed by atoms with Crippen molar-refractivity contribution in [2.24, 2.45) is 0 Å². The van der Waals surface area contributed by atoms with Crippen LogP contribution in [-0.4, -0.2) is 26.4 Å². The predicted octanol–water partition coefficient (Wildman–Crippen LogP) is 2.15. The number of aryl methyl sites for hydroxylation is 1. The highest BCUT2D eigenvalue weighted by atomic mass is 19.1. The molecule has 1 aliphatic rings. The van der Waals surface area contributed by atoms with Crippen molar-refractivity contribution in [3.05, 3.63) is 62.0 Å². The van der Waals surface area contributed by atoms with Crippen molar-refractivity contribution in [1.29, 1.82) is 0 Å². The van der Waals surface area contributed by atoms with E-state index in [0.717, 1.165) is 17.4 Å². The minimum absolute atomic E-state index is 0.0651. The van der Waals surface area contributed by atoms with Gasteiger partial charge in [0.15, 0.2) is 11.6 Å². The molecule has 8 nitrogen and oxygen atoms in total.